The number of aromatic hydroxyl groups is 3. The molecule has 0 amide bonds. The topological polar surface area (TPSA) is 69.9 Å². The molecule has 2 rings (SSSR count). The van der Waals surface area contributed by atoms with Crippen LogP contribution in [0.1, 0.15) is 0 Å². The fraction of sp³-hybridized carbons (Fsp3) is 0. The summed E-state index contributed by atoms with van der Waals surface area (Å²) in [7, 11) is 0. The lowest BCUT2D eigenvalue weighted by Gasteiger charge is -2.07. The molecule has 0 aromatic heterocycles. The van der Waals surface area contributed by atoms with Crippen LogP contribution in [0.4, 0.5) is 0 Å². The van der Waals surface area contributed by atoms with E-state index < -0.39 is 0 Å². The van der Waals surface area contributed by atoms with Crippen LogP contribution in [0, 0.1) is 0 Å². The molecule has 0 heterocycles. The zero-order chi connectivity index (χ0) is 11.5. The van der Waals surface area contributed by atoms with Crippen molar-refractivity contribution in [2.75, 3.05) is 0 Å². The smallest absolute Gasteiger partial charge is 0.169 e. The summed E-state index contributed by atoms with van der Waals surface area (Å²) in [5.41, 5.74) is 0. The fourth-order valence-corrected chi connectivity index (χ4v) is 1.23. The number of phenols is 3. The lowest BCUT2D eigenvalue weighted by molar-refractivity contribution is 0.402. The predicted octanol–water partition coefficient (Wildman–Crippen LogP) is 2.60. The standard InChI is InChI=1S/C12H10O4/c13-8-1-4-10(5-2-8)16-12-6-3-9(14)7-11(12)15/h1-7,13-15H. The summed E-state index contributed by atoms with van der Waals surface area (Å²) in [4.78, 5) is 0. The normalized spacial score (nSPS) is 10.0. The van der Waals surface area contributed by atoms with Gasteiger partial charge in [0.1, 0.15) is 17.2 Å². The van der Waals surface area contributed by atoms with E-state index in [4.69, 9.17) is 14.9 Å². The predicted molar refractivity (Wildman–Crippen MR) is 58.0 cm³/mol. The van der Waals surface area contributed by atoms with Gasteiger partial charge < -0.3 is 20.1 Å². The van der Waals surface area contributed by atoms with Crippen molar-refractivity contribution in [3.05, 3.63) is 42.5 Å². The van der Waals surface area contributed by atoms with Crippen molar-refractivity contribution in [1.82, 2.24) is 0 Å². The van der Waals surface area contributed by atoms with E-state index in [1.54, 1.807) is 12.1 Å². The first-order chi connectivity index (χ1) is 7.65. The second-order valence-corrected chi connectivity index (χ2v) is 3.25. The van der Waals surface area contributed by atoms with Crippen molar-refractivity contribution in [3.8, 4) is 28.7 Å². The molecular formula is C12H10O4. The molecule has 4 heteroatoms. The zero-order valence-electron chi connectivity index (χ0n) is 8.29. The van der Waals surface area contributed by atoms with Crippen molar-refractivity contribution in [2.45, 2.75) is 0 Å². The Balaban J connectivity index is 2.23. The number of rotatable bonds is 2. The van der Waals surface area contributed by atoms with Gasteiger partial charge >= 0.3 is 0 Å². The van der Waals surface area contributed by atoms with Gasteiger partial charge in [-0.25, -0.2) is 0 Å². The van der Waals surface area contributed by atoms with Crippen molar-refractivity contribution in [2.24, 2.45) is 0 Å². The Hall–Kier alpha value is -2.36. The second-order valence-electron chi connectivity index (χ2n) is 3.25. The summed E-state index contributed by atoms with van der Waals surface area (Å²) < 4.78 is 5.35. The SMILES string of the molecule is Oc1ccc(Oc2ccc(O)cc2O)cc1. The van der Waals surface area contributed by atoms with Gasteiger partial charge in [0.15, 0.2) is 11.5 Å². The van der Waals surface area contributed by atoms with Crippen LogP contribution in [0.3, 0.4) is 0 Å². The Morgan fingerprint density at radius 3 is 2.00 bits per heavy atom. The number of ether oxygens (including phenoxy) is 1. The van der Waals surface area contributed by atoms with Crippen LogP contribution in [0.15, 0.2) is 42.5 Å². The third-order valence-electron chi connectivity index (χ3n) is 2.01. The molecule has 16 heavy (non-hydrogen) atoms. The minimum Gasteiger partial charge on any atom is -0.508 e. The summed E-state index contributed by atoms with van der Waals surface area (Å²) in [6.07, 6.45) is 0. The van der Waals surface area contributed by atoms with Gasteiger partial charge in [-0.1, -0.05) is 0 Å². The molecule has 0 spiro atoms. The molecule has 0 radical (unpaired) electrons. The van der Waals surface area contributed by atoms with E-state index in [9.17, 15) is 5.11 Å². The molecule has 0 aliphatic rings. The van der Waals surface area contributed by atoms with Crippen molar-refractivity contribution < 1.29 is 20.1 Å². The van der Waals surface area contributed by atoms with E-state index in [0.29, 0.717) is 5.75 Å². The third-order valence-corrected chi connectivity index (χ3v) is 2.01. The van der Waals surface area contributed by atoms with Gasteiger partial charge in [-0.2, -0.15) is 0 Å². The Morgan fingerprint density at radius 1 is 0.750 bits per heavy atom. The monoisotopic (exact) mass is 218 g/mol. The van der Waals surface area contributed by atoms with Crippen molar-refractivity contribution in [1.29, 1.82) is 0 Å². The Labute approximate surface area is 92.0 Å². The lowest BCUT2D eigenvalue weighted by Crippen LogP contribution is -1.84. The second kappa shape index (κ2) is 4.02. The van der Waals surface area contributed by atoms with Gasteiger partial charge in [0.05, 0.1) is 0 Å². The highest BCUT2D eigenvalue weighted by molar-refractivity contribution is 5.46. The molecule has 0 saturated carbocycles. The van der Waals surface area contributed by atoms with E-state index in [1.165, 1.54) is 30.3 Å². The van der Waals surface area contributed by atoms with Crippen LogP contribution in [-0.4, -0.2) is 15.3 Å². The third kappa shape index (κ3) is 2.17. The first-order valence-corrected chi connectivity index (χ1v) is 4.64. The maximum Gasteiger partial charge on any atom is 0.169 e. The first kappa shape index (κ1) is 10.2. The minimum absolute atomic E-state index is 0.0319. The van der Waals surface area contributed by atoms with E-state index in [0.717, 1.165) is 0 Å². The number of benzene rings is 2. The van der Waals surface area contributed by atoms with Gasteiger partial charge in [-0.05, 0) is 36.4 Å². The molecule has 0 aliphatic heterocycles. The highest BCUT2D eigenvalue weighted by Crippen LogP contribution is 2.33. The number of hydrogen-bond acceptors (Lipinski definition) is 4. The number of phenolic OH excluding ortho intramolecular Hbond substituents is 3. The van der Waals surface area contributed by atoms with Gasteiger partial charge in [0.25, 0.3) is 0 Å². The molecule has 0 fully saturated rings. The van der Waals surface area contributed by atoms with Crippen LogP contribution in [0.2, 0.25) is 0 Å². The lowest BCUT2D eigenvalue weighted by atomic mass is 10.3. The van der Waals surface area contributed by atoms with Crippen LogP contribution < -0.4 is 4.74 Å². The van der Waals surface area contributed by atoms with Gasteiger partial charge in [-0.15, -0.1) is 0 Å². The highest BCUT2D eigenvalue weighted by Gasteiger charge is 2.04. The molecule has 0 aliphatic carbocycles. The molecule has 0 saturated heterocycles. The molecule has 2 aromatic rings. The van der Waals surface area contributed by atoms with Crippen LogP contribution >= 0.6 is 0 Å². The molecular weight excluding hydrogens is 208 g/mol. The van der Waals surface area contributed by atoms with Gasteiger partial charge in [-0.3, -0.25) is 0 Å². The zero-order valence-corrected chi connectivity index (χ0v) is 8.29. The molecule has 0 unspecified atom stereocenters. The van der Waals surface area contributed by atoms with Gasteiger partial charge in [0, 0.05) is 6.07 Å². The van der Waals surface area contributed by atoms with Crippen LogP contribution in [0.25, 0.3) is 0 Å². The molecule has 2 aromatic carbocycles. The summed E-state index contributed by atoms with van der Waals surface area (Å²) in [6.45, 7) is 0. The van der Waals surface area contributed by atoms with E-state index >= 15 is 0 Å². The van der Waals surface area contributed by atoms with Crippen molar-refractivity contribution in [3.63, 3.8) is 0 Å². The molecule has 3 N–H and O–H groups in total. The average Bonchev–Trinajstić information content (AvgIpc) is 2.25. The average molecular weight is 218 g/mol. The Morgan fingerprint density at radius 2 is 1.38 bits per heavy atom. The Kier molecular flexibility index (Phi) is 2.55. The summed E-state index contributed by atoms with van der Waals surface area (Å²) in [5, 5.41) is 27.6. The summed E-state index contributed by atoms with van der Waals surface area (Å²) in [5.74, 6) is 0.688. The van der Waals surface area contributed by atoms with E-state index in [1.807, 2.05) is 0 Å². The van der Waals surface area contributed by atoms with E-state index in [2.05, 4.69) is 0 Å². The van der Waals surface area contributed by atoms with Gasteiger partial charge in [0.2, 0.25) is 0 Å². The fourth-order valence-electron chi connectivity index (χ4n) is 1.23. The molecule has 0 bridgehead atoms. The maximum atomic E-state index is 9.47. The largest absolute Gasteiger partial charge is 0.508 e. The molecule has 0 atom stereocenters. The highest BCUT2D eigenvalue weighted by atomic mass is 16.5. The Bertz CT molecular complexity index is 491. The molecule has 4 nitrogen and oxygen atoms in total. The molecule has 82 valence electrons. The minimum atomic E-state index is -0.145. The van der Waals surface area contributed by atoms with Crippen LogP contribution in [-0.2, 0) is 0 Å². The maximum absolute atomic E-state index is 9.47. The van der Waals surface area contributed by atoms with Crippen molar-refractivity contribution >= 4 is 0 Å². The quantitative estimate of drug-likeness (QED) is 0.724. The van der Waals surface area contributed by atoms with Crippen LogP contribution in [0.5, 0.6) is 28.7 Å². The number of hydrogen-bond donors (Lipinski definition) is 3. The summed E-state index contributed by atoms with van der Waals surface area (Å²) in [6, 6.07) is 10.2. The summed E-state index contributed by atoms with van der Waals surface area (Å²) >= 11 is 0. The first-order valence-electron chi connectivity index (χ1n) is 4.64. The van der Waals surface area contributed by atoms with E-state index in [-0.39, 0.29) is 23.0 Å².